The molecule has 2 aromatic carbocycles. The molecule has 0 atom stereocenters. The van der Waals surface area contributed by atoms with Crippen LogP contribution in [0.1, 0.15) is 71.3 Å². The Balaban J connectivity index is 1.38. The molecule has 0 saturated heterocycles. The molecule has 1 aliphatic carbocycles. The molecule has 5 rings (SSSR count). The first-order valence-corrected chi connectivity index (χ1v) is 13.5. The van der Waals surface area contributed by atoms with Crippen LogP contribution in [0, 0.1) is 19.8 Å². The smallest absolute Gasteiger partial charge is 0.254 e. The maximum atomic E-state index is 13.6. The van der Waals surface area contributed by atoms with Crippen LogP contribution in [0.15, 0.2) is 48.9 Å². The number of carbonyl (C=O) groups excluding carboxylic acids is 2. The summed E-state index contributed by atoms with van der Waals surface area (Å²) in [4.78, 5) is 38.0. The van der Waals surface area contributed by atoms with Crippen molar-refractivity contribution in [3.05, 3.63) is 76.9 Å². The first kappa shape index (κ1) is 25.1. The van der Waals surface area contributed by atoms with Crippen molar-refractivity contribution in [3.63, 3.8) is 0 Å². The predicted molar refractivity (Wildman–Crippen MR) is 147 cm³/mol. The number of aromatic nitrogens is 2. The van der Waals surface area contributed by atoms with Crippen LogP contribution < -0.4 is 10.2 Å². The Bertz CT molecular complexity index is 1250. The van der Waals surface area contributed by atoms with E-state index in [4.69, 9.17) is 0 Å². The van der Waals surface area contributed by atoms with Gasteiger partial charge in [0.25, 0.3) is 5.91 Å². The fraction of sp³-hybridized carbons (Fsp3) is 0.433. The van der Waals surface area contributed by atoms with Gasteiger partial charge >= 0.3 is 0 Å². The summed E-state index contributed by atoms with van der Waals surface area (Å²) in [5.74, 6) is 0.642. The molecule has 7 nitrogen and oxygen atoms in total. The number of aromatic amines is 1. The van der Waals surface area contributed by atoms with E-state index in [0.29, 0.717) is 38.5 Å². The number of amides is 2. The van der Waals surface area contributed by atoms with Crippen molar-refractivity contribution in [2.45, 2.75) is 65.5 Å². The molecule has 37 heavy (non-hydrogen) atoms. The monoisotopic (exact) mass is 499 g/mol. The Morgan fingerprint density at radius 3 is 2.70 bits per heavy atom. The largest absolute Gasteiger partial charge is 0.364 e. The van der Waals surface area contributed by atoms with Crippen LogP contribution in [0.4, 0.5) is 11.4 Å². The Morgan fingerprint density at radius 1 is 1.08 bits per heavy atom. The van der Waals surface area contributed by atoms with E-state index in [1.807, 2.05) is 49.2 Å². The molecular formula is C30H37N5O2. The highest BCUT2D eigenvalue weighted by Crippen LogP contribution is 2.31. The third-order valence-electron chi connectivity index (χ3n) is 7.95. The lowest BCUT2D eigenvalue weighted by molar-refractivity contribution is -0.117. The quantitative estimate of drug-likeness (QED) is 0.463. The Morgan fingerprint density at radius 2 is 1.92 bits per heavy atom. The SMILES string of the molecule is Cc1cccc(C(=O)N2CCN(Cc3cnc[nH]3)c3cc(NC(=O)CC4CCCCC4)ccc3C2)c1C. The first-order valence-electron chi connectivity index (χ1n) is 13.5. The van der Waals surface area contributed by atoms with Gasteiger partial charge in [-0.15, -0.1) is 0 Å². The van der Waals surface area contributed by atoms with Gasteiger partial charge in [-0.3, -0.25) is 9.59 Å². The lowest BCUT2D eigenvalue weighted by Crippen LogP contribution is -2.35. The van der Waals surface area contributed by atoms with E-state index in [1.54, 1.807) is 6.33 Å². The van der Waals surface area contributed by atoms with Gasteiger partial charge in [-0.2, -0.15) is 0 Å². The Labute approximate surface area is 219 Å². The minimum Gasteiger partial charge on any atom is -0.364 e. The highest BCUT2D eigenvalue weighted by Gasteiger charge is 2.26. The van der Waals surface area contributed by atoms with Crippen molar-refractivity contribution in [2.75, 3.05) is 23.3 Å². The summed E-state index contributed by atoms with van der Waals surface area (Å²) in [7, 11) is 0. The summed E-state index contributed by atoms with van der Waals surface area (Å²) >= 11 is 0. The van der Waals surface area contributed by atoms with E-state index >= 15 is 0 Å². The van der Waals surface area contributed by atoms with Gasteiger partial charge in [-0.05, 0) is 67.5 Å². The number of aryl methyl sites for hydroxylation is 1. The van der Waals surface area contributed by atoms with Gasteiger partial charge in [-0.25, -0.2) is 4.98 Å². The van der Waals surface area contributed by atoms with E-state index in [9.17, 15) is 9.59 Å². The maximum Gasteiger partial charge on any atom is 0.254 e. The standard InChI is InChI=1S/C30H37N5O2/c1-21-7-6-10-27(22(21)2)30(37)35-14-13-34(19-26-17-31-20-32-26)28-16-25(12-11-24(28)18-35)33-29(36)15-23-8-4-3-5-9-23/h6-7,10-12,16-17,20,23H,3-5,8-9,13-15,18-19H2,1-2H3,(H,31,32)(H,33,36). The third kappa shape index (κ3) is 5.87. The highest BCUT2D eigenvalue weighted by atomic mass is 16.2. The highest BCUT2D eigenvalue weighted by molar-refractivity contribution is 5.96. The summed E-state index contributed by atoms with van der Waals surface area (Å²) in [6, 6.07) is 12.0. The number of benzene rings is 2. The summed E-state index contributed by atoms with van der Waals surface area (Å²) < 4.78 is 0. The number of nitrogens with zero attached hydrogens (tertiary/aromatic N) is 3. The molecule has 0 spiro atoms. The second-order valence-electron chi connectivity index (χ2n) is 10.6. The zero-order chi connectivity index (χ0) is 25.8. The molecule has 0 unspecified atom stereocenters. The molecule has 2 amide bonds. The summed E-state index contributed by atoms with van der Waals surface area (Å²) in [5, 5.41) is 3.15. The van der Waals surface area contributed by atoms with Gasteiger partial charge in [0, 0.05) is 49.2 Å². The molecular weight excluding hydrogens is 462 g/mol. The van der Waals surface area contributed by atoms with Crippen LogP contribution in [0.3, 0.4) is 0 Å². The van der Waals surface area contributed by atoms with E-state index in [-0.39, 0.29) is 11.8 Å². The number of H-pyrrole nitrogens is 1. The van der Waals surface area contributed by atoms with Gasteiger partial charge in [0.2, 0.25) is 5.91 Å². The Hall–Kier alpha value is -3.61. The van der Waals surface area contributed by atoms with Crippen molar-refractivity contribution >= 4 is 23.2 Å². The van der Waals surface area contributed by atoms with Crippen molar-refractivity contribution in [3.8, 4) is 0 Å². The molecule has 0 radical (unpaired) electrons. The molecule has 2 heterocycles. The van der Waals surface area contributed by atoms with Crippen LogP contribution in [0.5, 0.6) is 0 Å². The molecule has 1 aliphatic heterocycles. The molecule has 1 fully saturated rings. The second-order valence-corrected chi connectivity index (χ2v) is 10.6. The molecule has 7 heteroatoms. The van der Waals surface area contributed by atoms with Gasteiger partial charge in [-0.1, -0.05) is 37.5 Å². The van der Waals surface area contributed by atoms with Gasteiger partial charge < -0.3 is 20.1 Å². The second kappa shape index (κ2) is 11.2. The first-order chi connectivity index (χ1) is 18.0. The minimum atomic E-state index is 0.0559. The molecule has 1 saturated carbocycles. The molecule has 0 bridgehead atoms. The van der Waals surface area contributed by atoms with Crippen molar-refractivity contribution < 1.29 is 9.59 Å². The predicted octanol–water partition coefficient (Wildman–Crippen LogP) is 5.60. The molecule has 194 valence electrons. The van der Waals surface area contributed by atoms with Crippen LogP contribution >= 0.6 is 0 Å². The number of nitrogens with one attached hydrogen (secondary N) is 2. The zero-order valence-electron chi connectivity index (χ0n) is 21.9. The van der Waals surface area contributed by atoms with Crippen molar-refractivity contribution in [1.82, 2.24) is 14.9 Å². The minimum absolute atomic E-state index is 0.0559. The number of rotatable bonds is 6. The lowest BCUT2D eigenvalue weighted by Gasteiger charge is -2.25. The summed E-state index contributed by atoms with van der Waals surface area (Å²) in [5.41, 5.74) is 6.84. The zero-order valence-corrected chi connectivity index (χ0v) is 21.9. The average molecular weight is 500 g/mol. The van der Waals surface area contributed by atoms with Crippen LogP contribution in [-0.2, 0) is 17.9 Å². The molecule has 1 aromatic heterocycles. The number of carbonyl (C=O) groups is 2. The number of hydrogen-bond acceptors (Lipinski definition) is 4. The van der Waals surface area contributed by atoms with E-state index in [2.05, 4.69) is 32.3 Å². The van der Waals surface area contributed by atoms with Crippen LogP contribution in [-0.4, -0.2) is 39.8 Å². The number of imidazole rings is 1. The topological polar surface area (TPSA) is 81.3 Å². The normalized spacial score (nSPS) is 16.3. The Kier molecular flexibility index (Phi) is 7.58. The fourth-order valence-corrected chi connectivity index (χ4v) is 5.65. The number of fused-ring (bicyclic) bond motifs is 1. The van der Waals surface area contributed by atoms with E-state index < -0.39 is 0 Å². The van der Waals surface area contributed by atoms with Crippen LogP contribution in [0.2, 0.25) is 0 Å². The summed E-state index contributed by atoms with van der Waals surface area (Å²) in [6.45, 7) is 6.52. The van der Waals surface area contributed by atoms with Gasteiger partial charge in [0.05, 0.1) is 18.6 Å². The van der Waals surface area contributed by atoms with Crippen molar-refractivity contribution in [1.29, 1.82) is 0 Å². The fourth-order valence-electron chi connectivity index (χ4n) is 5.65. The van der Waals surface area contributed by atoms with Crippen molar-refractivity contribution in [2.24, 2.45) is 5.92 Å². The van der Waals surface area contributed by atoms with E-state index in [0.717, 1.165) is 52.2 Å². The van der Waals surface area contributed by atoms with Gasteiger partial charge in [0.1, 0.15) is 0 Å². The number of anilines is 2. The van der Waals surface area contributed by atoms with E-state index in [1.165, 1.54) is 19.3 Å². The maximum absolute atomic E-state index is 13.6. The summed E-state index contributed by atoms with van der Waals surface area (Å²) in [6.07, 6.45) is 10.2. The molecule has 2 N–H and O–H groups in total. The average Bonchev–Trinajstić information content (AvgIpc) is 3.34. The van der Waals surface area contributed by atoms with Gasteiger partial charge in [0.15, 0.2) is 0 Å². The number of hydrogen-bond donors (Lipinski definition) is 2. The molecule has 2 aliphatic rings. The third-order valence-corrected chi connectivity index (χ3v) is 7.95. The molecule has 3 aromatic rings. The lowest BCUT2D eigenvalue weighted by atomic mass is 9.87. The van der Waals surface area contributed by atoms with Crippen LogP contribution in [0.25, 0.3) is 0 Å².